The fourth-order valence-electron chi connectivity index (χ4n) is 1.54. The molecule has 1 aromatic carbocycles. The second-order valence-corrected chi connectivity index (χ2v) is 4.08. The number of nitrogens with one attached hydrogen (secondary N) is 1. The normalized spacial score (nSPS) is 12.2. The summed E-state index contributed by atoms with van der Waals surface area (Å²) in [6.45, 7) is 0. The quantitative estimate of drug-likeness (QED) is 0.755. The SMILES string of the molecule is CSc1c(O)[nH]c2ccc(C(F)(F)F)cc12. The van der Waals surface area contributed by atoms with Crippen LogP contribution in [0.5, 0.6) is 5.88 Å². The van der Waals surface area contributed by atoms with E-state index in [1.54, 1.807) is 6.26 Å². The van der Waals surface area contributed by atoms with E-state index in [1.807, 2.05) is 0 Å². The molecule has 0 aliphatic rings. The Bertz CT molecular complexity index is 533. The highest BCUT2D eigenvalue weighted by Gasteiger charge is 2.31. The number of thioether (sulfide) groups is 1. The van der Waals surface area contributed by atoms with Crippen LogP contribution in [-0.2, 0) is 6.18 Å². The Hall–Kier alpha value is -1.30. The van der Waals surface area contributed by atoms with Crippen molar-refractivity contribution in [3.63, 3.8) is 0 Å². The molecule has 0 unspecified atom stereocenters. The third-order valence-electron chi connectivity index (χ3n) is 2.26. The molecular weight excluding hydrogens is 239 g/mol. The molecule has 0 aliphatic heterocycles. The first-order valence-electron chi connectivity index (χ1n) is 4.39. The third-order valence-corrected chi connectivity index (χ3v) is 3.09. The van der Waals surface area contributed by atoms with E-state index >= 15 is 0 Å². The van der Waals surface area contributed by atoms with Crippen LogP contribution in [0, 0.1) is 0 Å². The van der Waals surface area contributed by atoms with Crippen molar-refractivity contribution >= 4 is 22.7 Å². The number of H-pyrrole nitrogens is 1. The molecule has 86 valence electrons. The zero-order valence-corrected chi connectivity index (χ0v) is 9.04. The van der Waals surface area contributed by atoms with Crippen LogP contribution in [-0.4, -0.2) is 16.3 Å². The molecule has 2 nitrogen and oxygen atoms in total. The molecule has 16 heavy (non-hydrogen) atoms. The van der Waals surface area contributed by atoms with Crippen LogP contribution in [0.15, 0.2) is 23.1 Å². The second-order valence-electron chi connectivity index (χ2n) is 3.26. The van der Waals surface area contributed by atoms with Crippen molar-refractivity contribution in [1.82, 2.24) is 4.98 Å². The molecule has 0 amide bonds. The summed E-state index contributed by atoms with van der Waals surface area (Å²) in [4.78, 5) is 3.06. The van der Waals surface area contributed by atoms with E-state index < -0.39 is 11.7 Å². The van der Waals surface area contributed by atoms with Crippen molar-refractivity contribution in [2.75, 3.05) is 6.26 Å². The molecule has 0 bridgehead atoms. The van der Waals surface area contributed by atoms with Gasteiger partial charge < -0.3 is 10.1 Å². The zero-order chi connectivity index (χ0) is 11.9. The molecule has 0 saturated carbocycles. The molecule has 0 atom stereocenters. The van der Waals surface area contributed by atoms with Crippen LogP contribution >= 0.6 is 11.8 Å². The van der Waals surface area contributed by atoms with Crippen molar-refractivity contribution in [3.8, 4) is 5.88 Å². The van der Waals surface area contributed by atoms with Gasteiger partial charge in [-0.2, -0.15) is 13.2 Å². The van der Waals surface area contributed by atoms with Crippen molar-refractivity contribution in [2.45, 2.75) is 11.1 Å². The Labute approximate surface area is 93.5 Å². The van der Waals surface area contributed by atoms with Gasteiger partial charge in [0.1, 0.15) is 0 Å². The Morgan fingerprint density at radius 3 is 2.56 bits per heavy atom. The lowest BCUT2D eigenvalue weighted by molar-refractivity contribution is -0.137. The van der Waals surface area contributed by atoms with E-state index in [0.717, 1.165) is 12.1 Å². The van der Waals surface area contributed by atoms with Gasteiger partial charge in [-0.25, -0.2) is 0 Å². The summed E-state index contributed by atoms with van der Waals surface area (Å²) in [5.41, 5.74) is -0.218. The molecule has 6 heteroatoms. The number of halogens is 3. The summed E-state index contributed by atoms with van der Waals surface area (Å²) in [7, 11) is 0. The highest BCUT2D eigenvalue weighted by atomic mass is 32.2. The summed E-state index contributed by atoms with van der Waals surface area (Å²) in [5.74, 6) is -0.0955. The molecule has 0 saturated heterocycles. The fourth-order valence-corrected chi connectivity index (χ4v) is 2.17. The van der Waals surface area contributed by atoms with Gasteiger partial charge in [0, 0.05) is 10.9 Å². The van der Waals surface area contributed by atoms with E-state index in [2.05, 4.69) is 4.98 Å². The molecule has 0 radical (unpaired) electrons. The van der Waals surface area contributed by atoms with Crippen LogP contribution in [0.25, 0.3) is 10.9 Å². The van der Waals surface area contributed by atoms with Gasteiger partial charge >= 0.3 is 6.18 Å². The first-order valence-corrected chi connectivity index (χ1v) is 5.62. The van der Waals surface area contributed by atoms with Gasteiger partial charge in [0.2, 0.25) is 5.88 Å². The topological polar surface area (TPSA) is 36.0 Å². The average Bonchev–Trinajstić information content (AvgIpc) is 2.50. The molecular formula is C10H8F3NOS. The molecule has 1 heterocycles. The van der Waals surface area contributed by atoms with Gasteiger partial charge in [-0.1, -0.05) is 0 Å². The first-order chi connectivity index (χ1) is 7.43. The van der Waals surface area contributed by atoms with E-state index in [-0.39, 0.29) is 5.88 Å². The minimum absolute atomic E-state index is 0.0955. The van der Waals surface area contributed by atoms with Crippen molar-refractivity contribution < 1.29 is 18.3 Å². The maximum atomic E-state index is 12.5. The number of rotatable bonds is 1. The molecule has 2 aromatic rings. The van der Waals surface area contributed by atoms with Gasteiger partial charge in [-0.15, -0.1) is 11.8 Å². The van der Waals surface area contributed by atoms with Crippen LogP contribution in [0.2, 0.25) is 0 Å². The Kier molecular flexibility index (Phi) is 2.53. The minimum Gasteiger partial charge on any atom is -0.494 e. The van der Waals surface area contributed by atoms with Crippen molar-refractivity contribution in [1.29, 1.82) is 0 Å². The van der Waals surface area contributed by atoms with Crippen LogP contribution in [0.3, 0.4) is 0 Å². The Morgan fingerprint density at radius 2 is 2.00 bits per heavy atom. The second kappa shape index (κ2) is 3.62. The molecule has 0 spiro atoms. The maximum absolute atomic E-state index is 12.5. The number of hydrogen-bond donors (Lipinski definition) is 2. The number of fused-ring (bicyclic) bond motifs is 1. The highest BCUT2D eigenvalue weighted by molar-refractivity contribution is 7.99. The summed E-state index contributed by atoms with van der Waals surface area (Å²) >= 11 is 1.20. The van der Waals surface area contributed by atoms with E-state index in [1.165, 1.54) is 17.8 Å². The van der Waals surface area contributed by atoms with Crippen LogP contribution < -0.4 is 0 Å². The lowest BCUT2D eigenvalue weighted by Gasteiger charge is -2.06. The minimum atomic E-state index is -4.36. The summed E-state index contributed by atoms with van der Waals surface area (Å²) in [6, 6.07) is 3.34. The zero-order valence-electron chi connectivity index (χ0n) is 8.22. The van der Waals surface area contributed by atoms with Crippen LogP contribution in [0.4, 0.5) is 13.2 Å². The number of benzene rings is 1. The summed E-state index contributed by atoms with van der Waals surface area (Å²) < 4.78 is 37.4. The smallest absolute Gasteiger partial charge is 0.416 e. The maximum Gasteiger partial charge on any atom is 0.416 e. The summed E-state index contributed by atoms with van der Waals surface area (Å²) in [5, 5.41) is 9.86. The van der Waals surface area contributed by atoms with Crippen LogP contribution in [0.1, 0.15) is 5.56 Å². The standard InChI is InChI=1S/C10H8F3NOS/c1-16-8-6-4-5(10(11,12)13)2-3-7(6)14-9(8)15/h2-4,14-15H,1H3. The van der Waals surface area contributed by atoms with Gasteiger partial charge in [-0.3, -0.25) is 0 Å². The molecule has 1 aromatic heterocycles. The number of aromatic amines is 1. The highest BCUT2D eigenvalue weighted by Crippen LogP contribution is 2.38. The third kappa shape index (κ3) is 1.73. The number of hydrogen-bond acceptors (Lipinski definition) is 2. The lowest BCUT2D eigenvalue weighted by Crippen LogP contribution is -2.03. The predicted molar refractivity (Wildman–Crippen MR) is 56.7 cm³/mol. The Morgan fingerprint density at radius 1 is 1.31 bits per heavy atom. The van der Waals surface area contributed by atoms with E-state index in [9.17, 15) is 18.3 Å². The molecule has 0 fully saturated rings. The van der Waals surface area contributed by atoms with Gasteiger partial charge in [0.05, 0.1) is 10.5 Å². The lowest BCUT2D eigenvalue weighted by atomic mass is 10.1. The number of aromatic nitrogens is 1. The molecule has 0 aliphatic carbocycles. The van der Waals surface area contributed by atoms with Crippen molar-refractivity contribution in [3.05, 3.63) is 23.8 Å². The number of aromatic hydroxyl groups is 1. The van der Waals surface area contributed by atoms with E-state index in [4.69, 9.17) is 0 Å². The van der Waals surface area contributed by atoms with E-state index in [0.29, 0.717) is 15.8 Å². The average molecular weight is 247 g/mol. The largest absolute Gasteiger partial charge is 0.494 e. The number of alkyl halides is 3. The summed E-state index contributed by atoms with van der Waals surface area (Å²) in [6.07, 6.45) is -2.67. The molecule has 2 N–H and O–H groups in total. The monoisotopic (exact) mass is 247 g/mol. The first kappa shape index (κ1) is 11.2. The van der Waals surface area contributed by atoms with Crippen molar-refractivity contribution in [2.24, 2.45) is 0 Å². The molecule has 2 rings (SSSR count). The fraction of sp³-hybridized carbons (Fsp3) is 0.200. The van der Waals surface area contributed by atoms with Gasteiger partial charge in [0.25, 0.3) is 0 Å². The van der Waals surface area contributed by atoms with Gasteiger partial charge in [0.15, 0.2) is 0 Å². The predicted octanol–water partition coefficient (Wildman–Crippen LogP) is 3.61. The van der Waals surface area contributed by atoms with Gasteiger partial charge in [-0.05, 0) is 24.5 Å². The Balaban J connectivity index is 2.69.